The van der Waals surface area contributed by atoms with E-state index in [0.29, 0.717) is 11.0 Å². The van der Waals surface area contributed by atoms with Gasteiger partial charge < -0.3 is 14.8 Å². The largest absolute Gasteiger partial charge is 0.323 e. The predicted molar refractivity (Wildman–Crippen MR) is 135 cm³/mol. The Labute approximate surface area is 207 Å². The molecule has 3 aromatic heterocycles. The van der Waals surface area contributed by atoms with Crippen LogP contribution in [0.4, 0.5) is 14.9 Å². The Bertz CT molecular complexity index is 1340. The first-order valence-corrected chi connectivity index (χ1v) is 13.5. The molecular formula is C25H21BrFN3OS2. The number of hydrogen-bond donors (Lipinski definition) is 1. The van der Waals surface area contributed by atoms with E-state index in [1.165, 1.54) is 39.9 Å². The standard InChI is InChI=1S/C25H21BrFN3OS2/c26-15-9-10-19(18(27)13-15)28-25(31)30-14-17-16-5-1-2-7-21(16)33-24(17)29-11-3-6-20(29)23(30)22-8-4-12-32-22/h3-4,6,8-13,23H,1-2,5,7,14H2,(H,28,31)/t23-/m1/s1. The number of rotatable bonds is 2. The van der Waals surface area contributed by atoms with E-state index >= 15 is 0 Å². The number of thiophene rings is 2. The Hall–Kier alpha value is -2.42. The van der Waals surface area contributed by atoms with Crippen molar-refractivity contribution in [3.05, 3.63) is 90.9 Å². The Kier molecular flexibility index (Phi) is 5.39. The van der Waals surface area contributed by atoms with Gasteiger partial charge in [0.2, 0.25) is 0 Å². The molecule has 0 bridgehead atoms. The Morgan fingerprint density at radius 3 is 2.82 bits per heavy atom. The molecule has 1 N–H and O–H groups in total. The molecule has 168 valence electrons. The van der Waals surface area contributed by atoms with Crippen molar-refractivity contribution in [2.75, 3.05) is 5.32 Å². The number of halogens is 2. The smallest absolute Gasteiger partial charge is 0.310 e. The second-order valence-electron chi connectivity index (χ2n) is 8.40. The Balaban J connectivity index is 1.48. The molecule has 0 fully saturated rings. The highest BCUT2D eigenvalue weighted by atomic mass is 79.9. The van der Waals surface area contributed by atoms with Gasteiger partial charge in [-0.1, -0.05) is 22.0 Å². The summed E-state index contributed by atoms with van der Waals surface area (Å²) in [5.74, 6) is -0.461. The van der Waals surface area contributed by atoms with Crippen LogP contribution in [0, 0.1) is 5.82 Å². The van der Waals surface area contributed by atoms with Crippen LogP contribution in [-0.2, 0) is 19.4 Å². The van der Waals surface area contributed by atoms with E-state index in [4.69, 9.17) is 0 Å². The van der Waals surface area contributed by atoms with Crippen LogP contribution in [0.15, 0.2) is 58.5 Å². The lowest BCUT2D eigenvalue weighted by Gasteiger charge is -2.30. The summed E-state index contributed by atoms with van der Waals surface area (Å²) in [4.78, 5) is 18.1. The topological polar surface area (TPSA) is 37.3 Å². The van der Waals surface area contributed by atoms with Gasteiger partial charge in [-0.25, -0.2) is 9.18 Å². The number of benzene rings is 1. The second kappa shape index (κ2) is 8.42. The van der Waals surface area contributed by atoms with Crippen molar-refractivity contribution in [1.29, 1.82) is 0 Å². The van der Waals surface area contributed by atoms with Gasteiger partial charge in [-0.05, 0) is 73.0 Å². The third kappa shape index (κ3) is 3.64. The van der Waals surface area contributed by atoms with Gasteiger partial charge in [0.15, 0.2) is 0 Å². The van der Waals surface area contributed by atoms with E-state index in [2.05, 4.69) is 44.1 Å². The number of aryl methyl sites for hydroxylation is 1. The lowest BCUT2D eigenvalue weighted by atomic mass is 9.95. The third-order valence-electron chi connectivity index (χ3n) is 6.43. The van der Waals surface area contributed by atoms with Crippen molar-refractivity contribution in [3.8, 4) is 5.00 Å². The first-order valence-electron chi connectivity index (χ1n) is 11.0. The maximum absolute atomic E-state index is 14.6. The van der Waals surface area contributed by atoms with Gasteiger partial charge in [-0.2, -0.15) is 0 Å². The molecule has 0 unspecified atom stereocenters. The molecule has 2 amide bonds. The van der Waals surface area contributed by atoms with E-state index in [1.807, 2.05) is 33.7 Å². The predicted octanol–water partition coefficient (Wildman–Crippen LogP) is 7.52. The molecule has 1 aromatic carbocycles. The van der Waals surface area contributed by atoms with Crippen LogP contribution in [0.2, 0.25) is 0 Å². The van der Waals surface area contributed by atoms with Crippen LogP contribution in [0.1, 0.15) is 45.5 Å². The molecule has 0 radical (unpaired) electrons. The fourth-order valence-electron chi connectivity index (χ4n) is 4.91. The van der Waals surface area contributed by atoms with Crippen molar-refractivity contribution < 1.29 is 9.18 Å². The summed E-state index contributed by atoms with van der Waals surface area (Å²) in [5.41, 5.74) is 3.87. The molecule has 0 saturated heterocycles. The van der Waals surface area contributed by atoms with Gasteiger partial charge in [-0.3, -0.25) is 0 Å². The molecule has 0 spiro atoms. The quantitative estimate of drug-likeness (QED) is 0.280. The van der Waals surface area contributed by atoms with E-state index < -0.39 is 5.82 Å². The minimum Gasteiger partial charge on any atom is -0.310 e. The van der Waals surface area contributed by atoms with Gasteiger partial charge in [0, 0.05) is 26.0 Å². The van der Waals surface area contributed by atoms with Crippen LogP contribution in [0.25, 0.3) is 5.00 Å². The number of aromatic nitrogens is 1. The highest BCUT2D eigenvalue weighted by Crippen LogP contribution is 2.44. The third-order valence-corrected chi connectivity index (χ3v) is 9.18. The second-order valence-corrected chi connectivity index (χ2v) is 11.4. The number of carbonyl (C=O) groups excluding carboxylic acids is 1. The van der Waals surface area contributed by atoms with Crippen LogP contribution in [0.5, 0.6) is 0 Å². The first-order chi connectivity index (χ1) is 16.1. The summed E-state index contributed by atoms with van der Waals surface area (Å²) in [5, 5.41) is 6.10. The molecule has 4 heterocycles. The summed E-state index contributed by atoms with van der Waals surface area (Å²) < 4.78 is 17.5. The van der Waals surface area contributed by atoms with Crippen molar-refractivity contribution in [2.45, 2.75) is 38.3 Å². The molecule has 4 aromatic rings. The Morgan fingerprint density at radius 1 is 1.12 bits per heavy atom. The number of fused-ring (bicyclic) bond motifs is 5. The van der Waals surface area contributed by atoms with Gasteiger partial charge in [-0.15, -0.1) is 22.7 Å². The molecule has 6 rings (SSSR count). The molecule has 0 saturated carbocycles. The number of amides is 2. The average molecular weight is 542 g/mol. The summed E-state index contributed by atoms with van der Waals surface area (Å²) in [7, 11) is 0. The number of nitrogens with zero attached hydrogens (tertiary/aromatic N) is 2. The molecule has 1 atom stereocenters. The molecular weight excluding hydrogens is 521 g/mol. The maximum atomic E-state index is 14.6. The lowest BCUT2D eigenvalue weighted by molar-refractivity contribution is 0.195. The number of carbonyl (C=O) groups is 1. The summed E-state index contributed by atoms with van der Waals surface area (Å²) >= 11 is 6.78. The van der Waals surface area contributed by atoms with Crippen LogP contribution < -0.4 is 5.32 Å². The van der Waals surface area contributed by atoms with Gasteiger partial charge >= 0.3 is 6.03 Å². The molecule has 33 heavy (non-hydrogen) atoms. The van der Waals surface area contributed by atoms with Crippen LogP contribution in [0.3, 0.4) is 0 Å². The normalized spacial score (nSPS) is 17.2. The van der Waals surface area contributed by atoms with Crippen molar-refractivity contribution in [3.63, 3.8) is 0 Å². The fraction of sp³-hybridized carbons (Fsp3) is 0.240. The Morgan fingerprint density at radius 2 is 2.00 bits per heavy atom. The van der Waals surface area contributed by atoms with Gasteiger partial charge in [0.25, 0.3) is 0 Å². The molecule has 2 aliphatic rings. The molecule has 1 aliphatic heterocycles. The highest BCUT2D eigenvalue weighted by Gasteiger charge is 2.36. The average Bonchev–Trinajstić information content (AvgIpc) is 3.55. The first kappa shape index (κ1) is 21.1. The van der Waals surface area contributed by atoms with Crippen molar-refractivity contribution >= 4 is 50.3 Å². The van der Waals surface area contributed by atoms with E-state index in [1.54, 1.807) is 23.5 Å². The van der Waals surface area contributed by atoms with Gasteiger partial charge in [0.05, 0.1) is 17.9 Å². The number of anilines is 1. The van der Waals surface area contributed by atoms with Crippen molar-refractivity contribution in [1.82, 2.24) is 9.47 Å². The number of nitrogens with one attached hydrogen (secondary N) is 1. The maximum Gasteiger partial charge on any atom is 0.323 e. The molecule has 8 heteroatoms. The van der Waals surface area contributed by atoms with Gasteiger partial charge in [0.1, 0.15) is 16.9 Å². The number of hydrogen-bond acceptors (Lipinski definition) is 3. The minimum atomic E-state index is -0.461. The highest BCUT2D eigenvalue weighted by molar-refractivity contribution is 9.10. The SMILES string of the molecule is O=C(Nc1ccc(Br)cc1F)N1Cc2c(sc3c2CCCC3)-n2cccc2[C@@H]1c1cccs1. The van der Waals surface area contributed by atoms with Crippen molar-refractivity contribution in [2.24, 2.45) is 0 Å². The minimum absolute atomic E-state index is 0.181. The fourth-order valence-corrected chi connectivity index (χ4v) is 7.50. The molecule has 1 aliphatic carbocycles. The van der Waals surface area contributed by atoms with E-state index in [0.717, 1.165) is 23.4 Å². The van der Waals surface area contributed by atoms with Crippen LogP contribution in [-0.4, -0.2) is 15.5 Å². The zero-order valence-electron chi connectivity index (χ0n) is 17.7. The van der Waals surface area contributed by atoms with E-state index in [-0.39, 0.29) is 17.8 Å². The monoisotopic (exact) mass is 541 g/mol. The zero-order valence-corrected chi connectivity index (χ0v) is 20.9. The number of urea groups is 1. The summed E-state index contributed by atoms with van der Waals surface area (Å²) in [6.45, 7) is 0.495. The van der Waals surface area contributed by atoms with Crippen LogP contribution >= 0.6 is 38.6 Å². The van der Waals surface area contributed by atoms with E-state index in [9.17, 15) is 9.18 Å². The summed E-state index contributed by atoms with van der Waals surface area (Å²) in [6, 6.07) is 12.4. The molecule has 4 nitrogen and oxygen atoms in total. The lowest BCUT2D eigenvalue weighted by Crippen LogP contribution is -2.38. The zero-order chi connectivity index (χ0) is 22.5. The summed E-state index contributed by atoms with van der Waals surface area (Å²) in [6.07, 6.45) is 6.66.